The maximum atomic E-state index is 11.3. The van der Waals surface area contributed by atoms with Gasteiger partial charge in [0.25, 0.3) is 0 Å². The molecule has 0 bridgehead atoms. The zero-order valence-electron chi connectivity index (χ0n) is 9.27. The van der Waals surface area contributed by atoms with E-state index < -0.39 is 24.9 Å². The minimum atomic E-state index is -3.70. The first-order chi connectivity index (χ1) is 7.29. The second kappa shape index (κ2) is 5.44. The predicted octanol–water partition coefficient (Wildman–Crippen LogP) is -0.950. The van der Waals surface area contributed by atoms with Crippen molar-refractivity contribution in [3.05, 3.63) is 0 Å². The quantitative estimate of drug-likeness (QED) is 0.649. The van der Waals surface area contributed by atoms with Gasteiger partial charge in [-0.25, -0.2) is 21.6 Å². The van der Waals surface area contributed by atoms with Crippen LogP contribution >= 0.6 is 0 Å². The lowest BCUT2D eigenvalue weighted by atomic mass is 10.2. The lowest BCUT2D eigenvalue weighted by molar-refractivity contribution is 0.540. The molecule has 0 unspecified atom stereocenters. The molecular formula is C8H18N2O4S2. The zero-order valence-corrected chi connectivity index (χ0v) is 10.9. The minimum Gasteiger partial charge on any atom is -0.314 e. The Balaban J connectivity index is 2.30. The Bertz CT molecular complexity index is 409. The van der Waals surface area contributed by atoms with Crippen LogP contribution in [-0.4, -0.2) is 47.3 Å². The second-order valence-electron chi connectivity index (χ2n) is 4.13. The average Bonchev–Trinajstić information content (AvgIpc) is 2.51. The molecule has 0 spiro atoms. The summed E-state index contributed by atoms with van der Waals surface area (Å²) >= 11 is 0. The molecule has 2 N–H and O–H groups in total. The summed E-state index contributed by atoms with van der Waals surface area (Å²) in [7, 11) is -7.19. The van der Waals surface area contributed by atoms with Crippen LogP contribution in [0.5, 0.6) is 0 Å². The van der Waals surface area contributed by atoms with Crippen LogP contribution in [0.15, 0.2) is 0 Å². The molecule has 6 nitrogen and oxygen atoms in total. The van der Waals surface area contributed by atoms with Gasteiger partial charge in [-0.1, -0.05) is 0 Å². The van der Waals surface area contributed by atoms with Crippen LogP contribution in [0.4, 0.5) is 0 Å². The number of rotatable bonds is 6. The molecule has 96 valence electrons. The second-order valence-corrected chi connectivity index (χ2v) is 8.45. The molecular weight excluding hydrogens is 252 g/mol. The first-order valence-corrected chi connectivity index (χ1v) is 8.88. The van der Waals surface area contributed by atoms with Crippen molar-refractivity contribution in [3.8, 4) is 0 Å². The van der Waals surface area contributed by atoms with Crippen LogP contribution < -0.4 is 10.0 Å². The highest BCUT2D eigenvalue weighted by Crippen LogP contribution is 2.07. The fraction of sp³-hybridized carbons (Fsp3) is 1.00. The molecule has 0 aromatic heterocycles. The summed E-state index contributed by atoms with van der Waals surface area (Å²) in [5.41, 5.74) is 0. The van der Waals surface area contributed by atoms with E-state index >= 15 is 0 Å². The van der Waals surface area contributed by atoms with Crippen LogP contribution in [0, 0.1) is 0 Å². The van der Waals surface area contributed by atoms with Gasteiger partial charge in [0.1, 0.15) is 0 Å². The van der Waals surface area contributed by atoms with Crippen molar-refractivity contribution in [3.63, 3.8) is 0 Å². The first kappa shape index (κ1) is 13.9. The van der Waals surface area contributed by atoms with Crippen LogP contribution in [0.2, 0.25) is 0 Å². The monoisotopic (exact) mass is 270 g/mol. The fourth-order valence-electron chi connectivity index (χ4n) is 1.72. The van der Waals surface area contributed by atoms with Gasteiger partial charge in [-0.2, -0.15) is 0 Å². The van der Waals surface area contributed by atoms with Gasteiger partial charge in [0.2, 0.25) is 10.0 Å². The first-order valence-electron chi connectivity index (χ1n) is 5.17. The fourth-order valence-corrected chi connectivity index (χ4v) is 4.73. The highest BCUT2D eigenvalue weighted by Gasteiger charge is 2.19. The molecule has 1 aliphatic rings. The summed E-state index contributed by atoms with van der Waals surface area (Å²) in [6.45, 7) is 1.26. The molecule has 1 atom stereocenters. The Kier molecular flexibility index (Phi) is 4.72. The van der Waals surface area contributed by atoms with Crippen LogP contribution in [-0.2, 0) is 19.9 Å². The molecule has 16 heavy (non-hydrogen) atoms. The molecule has 8 heteroatoms. The van der Waals surface area contributed by atoms with Gasteiger partial charge < -0.3 is 5.32 Å². The van der Waals surface area contributed by atoms with Crippen LogP contribution in [0.25, 0.3) is 0 Å². The molecule has 0 aromatic carbocycles. The van der Waals surface area contributed by atoms with Crippen molar-refractivity contribution in [1.82, 2.24) is 10.0 Å². The Morgan fingerprint density at radius 3 is 2.50 bits per heavy atom. The summed E-state index contributed by atoms with van der Waals surface area (Å²) in [5, 5.41) is 2.40. The van der Waals surface area contributed by atoms with E-state index in [0.717, 1.165) is 25.6 Å². The Morgan fingerprint density at radius 1 is 1.31 bits per heavy atom. The van der Waals surface area contributed by atoms with Gasteiger partial charge in [-0.15, -0.1) is 0 Å². The van der Waals surface area contributed by atoms with Crippen molar-refractivity contribution in [1.29, 1.82) is 0 Å². The Morgan fingerprint density at radius 2 is 2.00 bits per heavy atom. The molecule has 1 saturated heterocycles. The van der Waals surface area contributed by atoms with Crippen LogP contribution in [0.1, 0.15) is 19.3 Å². The molecule has 1 rings (SSSR count). The lowest BCUT2D eigenvalue weighted by Crippen LogP contribution is -2.33. The number of sulfone groups is 1. The van der Waals surface area contributed by atoms with E-state index in [9.17, 15) is 16.8 Å². The molecule has 1 heterocycles. The lowest BCUT2D eigenvalue weighted by Gasteiger charge is -2.10. The standard InChI is InChI=1S/C8H18N2O4S2/c1-15(11,12)7-16(13,14)10-6-4-8-3-2-5-9-8/h8-10H,2-7H2,1H3/t8-/m0/s1. The molecule has 1 fully saturated rings. The highest BCUT2D eigenvalue weighted by molar-refractivity contribution is 8.06. The topological polar surface area (TPSA) is 92.3 Å². The van der Waals surface area contributed by atoms with Crippen molar-refractivity contribution in [2.75, 3.05) is 24.4 Å². The van der Waals surface area contributed by atoms with Gasteiger partial charge in [-0.3, -0.25) is 0 Å². The maximum absolute atomic E-state index is 11.3. The van der Waals surface area contributed by atoms with E-state index in [2.05, 4.69) is 10.0 Å². The molecule has 0 radical (unpaired) electrons. The summed E-state index contributed by atoms with van der Waals surface area (Å²) in [5.74, 6) is 0. The summed E-state index contributed by atoms with van der Waals surface area (Å²) in [6.07, 6.45) is 3.77. The minimum absolute atomic E-state index is 0.287. The Hall–Kier alpha value is -0.180. The Labute approximate surface area is 96.8 Å². The SMILES string of the molecule is CS(=O)(=O)CS(=O)(=O)NCC[C@@H]1CCCN1. The number of hydrogen-bond donors (Lipinski definition) is 2. The van der Waals surface area contributed by atoms with Crippen molar-refractivity contribution >= 4 is 19.9 Å². The van der Waals surface area contributed by atoms with Gasteiger partial charge in [0, 0.05) is 18.8 Å². The third kappa shape index (κ3) is 5.78. The summed E-state index contributed by atoms with van der Waals surface area (Å²) in [4.78, 5) is 0. The average molecular weight is 270 g/mol. The number of sulfonamides is 1. The molecule has 1 aliphatic heterocycles. The van der Waals surface area contributed by atoms with Gasteiger partial charge in [-0.05, 0) is 25.8 Å². The van der Waals surface area contributed by atoms with E-state index in [4.69, 9.17) is 0 Å². The summed E-state index contributed by atoms with van der Waals surface area (Å²) < 4.78 is 46.6. The van der Waals surface area contributed by atoms with Crippen molar-refractivity contribution < 1.29 is 16.8 Å². The highest BCUT2D eigenvalue weighted by atomic mass is 32.3. The van der Waals surface area contributed by atoms with Crippen molar-refractivity contribution in [2.24, 2.45) is 0 Å². The van der Waals surface area contributed by atoms with E-state index in [0.29, 0.717) is 12.5 Å². The predicted molar refractivity (Wildman–Crippen MR) is 62.3 cm³/mol. The zero-order chi connectivity index (χ0) is 12.2. The van der Waals surface area contributed by atoms with Gasteiger partial charge >= 0.3 is 0 Å². The van der Waals surface area contributed by atoms with E-state index in [1.807, 2.05) is 0 Å². The normalized spacial score (nSPS) is 22.4. The van der Waals surface area contributed by atoms with E-state index in [-0.39, 0.29) is 6.54 Å². The molecule has 0 aliphatic carbocycles. The summed E-state index contributed by atoms with van der Waals surface area (Å²) in [6, 6.07) is 0.348. The molecule has 0 aromatic rings. The number of hydrogen-bond acceptors (Lipinski definition) is 5. The number of nitrogens with one attached hydrogen (secondary N) is 2. The smallest absolute Gasteiger partial charge is 0.226 e. The largest absolute Gasteiger partial charge is 0.314 e. The molecule has 0 amide bonds. The van der Waals surface area contributed by atoms with E-state index in [1.54, 1.807) is 0 Å². The van der Waals surface area contributed by atoms with Crippen molar-refractivity contribution in [2.45, 2.75) is 25.3 Å². The van der Waals surface area contributed by atoms with Gasteiger partial charge in [0.05, 0.1) is 0 Å². The molecule has 0 saturated carbocycles. The third-order valence-electron chi connectivity index (χ3n) is 2.35. The van der Waals surface area contributed by atoms with Crippen LogP contribution in [0.3, 0.4) is 0 Å². The van der Waals surface area contributed by atoms with Gasteiger partial charge in [0.15, 0.2) is 14.9 Å². The maximum Gasteiger partial charge on any atom is 0.226 e. The third-order valence-corrected chi connectivity index (χ3v) is 5.94. The van der Waals surface area contributed by atoms with E-state index in [1.165, 1.54) is 0 Å².